The Labute approximate surface area is 105 Å². The highest BCUT2D eigenvalue weighted by molar-refractivity contribution is 5.89. The van der Waals surface area contributed by atoms with E-state index in [1.165, 1.54) is 0 Å². The highest BCUT2D eigenvalue weighted by atomic mass is 16.5. The predicted octanol–water partition coefficient (Wildman–Crippen LogP) is 1.74. The average Bonchev–Trinajstić information content (AvgIpc) is 2.82. The zero-order valence-corrected chi connectivity index (χ0v) is 10.3. The van der Waals surface area contributed by atoms with Crippen LogP contribution in [0.3, 0.4) is 0 Å². The second-order valence-electron chi connectivity index (χ2n) is 4.05. The van der Waals surface area contributed by atoms with Crippen molar-refractivity contribution in [2.45, 2.75) is 12.8 Å². The van der Waals surface area contributed by atoms with Gasteiger partial charge in [-0.25, -0.2) is 4.79 Å². The maximum absolute atomic E-state index is 11.0. The van der Waals surface area contributed by atoms with Gasteiger partial charge in [0.15, 0.2) is 0 Å². The lowest BCUT2D eigenvalue weighted by Crippen LogP contribution is -2.04. The molecular formula is C13H16O5. The third kappa shape index (κ3) is 2.73. The Bertz CT molecular complexity index is 441. The van der Waals surface area contributed by atoms with Crippen LogP contribution in [0.1, 0.15) is 22.3 Å². The summed E-state index contributed by atoms with van der Waals surface area (Å²) in [6.07, 6.45) is 1.53. The highest BCUT2D eigenvalue weighted by Gasteiger charge is 2.20. The van der Waals surface area contributed by atoms with E-state index in [1.807, 2.05) is 0 Å². The van der Waals surface area contributed by atoms with Crippen molar-refractivity contribution in [3.63, 3.8) is 0 Å². The van der Waals surface area contributed by atoms with Gasteiger partial charge in [-0.1, -0.05) is 0 Å². The Morgan fingerprint density at radius 1 is 1.44 bits per heavy atom. The fraction of sp³-hybridized carbons (Fsp3) is 0.462. The number of hydrogen-bond donors (Lipinski definition) is 1. The van der Waals surface area contributed by atoms with Gasteiger partial charge in [0.2, 0.25) is 0 Å². The largest absolute Gasteiger partial charge is 0.493 e. The standard InChI is InChI=1S/C13H16O5/c1-16-4-2-5-17-11-7-9(13(14)15)8-12-10(11)3-6-18-12/h7-8H,2-6H2,1H3,(H,14,15). The normalized spacial score (nSPS) is 12.9. The van der Waals surface area contributed by atoms with Crippen molar-refractivity contribution >= 4 is 5.97 Å². The van der Waals surface area contributed by atoms with Gasteiger partial charge >= 0.3 is 5.97 Å². The molecule has 1 N–H and O–H groups in total. The lowest BCUT2D eigenvalue weighted by molar-refractivity contribution is 0.0696. The molecule has 0 aromatic heterocycles. The van der Waals surface area contributed by atoms with Gasteiger partial charge in [0, 0.05) is 32.1 Å². The molecule has 1 aliphatic rings. The predicted molar refractivity (Wildman–Crippen MR) is 64.6 cm³/mol. The van der Waals surface area contributed by atoms with E-state index in [4.69, 9.17) is 19.3 Å². The van der Waals surface area contributed by atoms with Gasteiger partial charge in [0.1, 0.15) is 11.5 Å². The minimum Gasteiger partial charge on any atom is -0.493 e. The molecule has 2 rings (SSSR count). The summed E-state index contributed by atoms with van der Waals surface area (Å²) in [5, 5.41) is 9.02. The van der Waals surface area contributed by atoms with Crippen LogP contribution < -0.4 is 9.47 Å². The lowest BCUT2D eigenvalue weighted by Gasteiger charge is -2.10. The maximum Gasteiger partial charge on any atom is 0.335 e. The van der Waals surface area contributed by atoms with Crippen molar-refractivity contribution in [3.8, 4) is 11.5 Å². The van der Waals surface area contributed by atoms with Gasteiger partial charge in [0.25, 0.3) is 0 Å². The van der Waals surface area contributed by atoms with Gasteiger partial charge in [-0.05, 0) is 12.1 Å². The van der Waals surface area contributed by atoms with E-state index in [0.717, 1.165) is 18.4 Å². The second-order valence-corrected chi connectivity index (χ2v) is 4.05. The zero-order valence-electron chi connectivity index (χ0n) is 10.3. The molecule has 1 aromatic carbocycles. The molecule has 0 saturated carbocycles. The van der Waals surface area contributed by atoms with Gasteiger partial charge in [-0.2, -0.15) is 0 Å². The molecule has 0 fully saturated rings. The van der Waals surface area contributed by atoms with E-state index in [9.17, 15) is 4.79 Å². The van der Waals surface area contributed by atoms with Crippen molar-refractivity contribution in [2.75, 3.05) is 26.9 Å². The van der Waals surface area contributed by atoms with Crippen molar-refractivity contribution in [1.82, 2.24) is 0 Å². The van der Waals surface area contributed by atoms with Gasteiger partial charge in [0.05, 0.1) is 18.8 Å². The van der Waals surface area contributed by atoms with Crippen LogP contribution in [0.5, 0.6) is 11.5 Å². The minimum absolute atomic E-state index is 0.192. The van der Waals surface area contributed by atoms with Gasteiger partial charge in [-0.3, -0.25) is 0 Å². The SMILES string of the molecule is COCCCOc1cc(C(=O)O)cc2c1CCO2. The van der Waals surface area contributed by atoms with E-state index >= 15 is 0 Å². The molecule has 0 radical (unpaired) electrons. The number of methoxy groups -OCH3 is 1. The number of hydrogen-bond acceptors (Lipinski definition) is 4. The number of carbonyl (C=O) groups is 1. The third-order valence-corrected chi connectivity index (χ3v) is 2.77. The summed E-state index contributed by atoms with van der Waals surface area (Å²) < 4.78 is 15.9. The summed E-state index contributed by atoms with van der Waals surface area (Å²) in [5.41, 5.74) is 1.15. The molecule has 1 aromatic rings. The molecule has 1 aliphatic heterocycles. The Morgan fingerprint density at radius 2 is 2.28 bits per heavy atom. The number of rotatable bonds is 6. The van der Waals surface area contributed by atoms with Gasteiger partial charge in [-0.15, -0.1) is 0 Å². The molecule has 0 spiro atoms. The Kier molecular flexibility index (Phi) is 4.04. The third-order valence-electron chi connectivity index (χ3n) is 2.77. The van der Waals surface area contributed by atoms with Crippen LogP contribution in [-0.2, 0) is 11.2 Å². The van der Waals surface area contributed by atoms with Crippen molar-refractivity contribution < 1.29 is 24.1 Å². The first-order valence-electron chi connectivity index (χ1n) is 5.87. The molecule has 0 unspecified atom stereocenters. The van der Waals surface area contributed by atoms with Crippen LogP contribution in [-0.4, -0.2) is 38.0 Å². The van der Waals surface area contributed by atoms with Crippen LogP contribution in [0.15, 0.2) is 12.1 Å². The second kappa shape index (κ2) is 5.73. The van der Waals surface area contributed by atoms with E-state index in [0.29, 0.717) is 31.3 Å². The molecular weight excluding hydrogens is 236 g/mol. The van der Waals surface area contributed by atoms with Gasteiger partial charge < -0.3 is 19.3 Å². The molecule has 5 heteroatoms. The van der Waals surface area contributed by atoms with E-state index in [-0.39, 0.29) is 5.56 Å². The number of aromatic carboxylic acids is 1. The van der Waals surface area contributed by atoms with Crippen molar-refractivity contribution in [2.24, 2.45) is 0 Å². The number of benzene rings is 1. The van der Waals surface area contributed by atoms with Crippen molar-refractivity contribution in [1.29, 1.82) is 0 Å². The Hall–Kier alpha value is -1.75. The van der Waals surface area contributed by atoms with E-state index in [1.54, 1.807) is 19.2 Å². The number of carboxylic acids is 1. The topological polar surface area (TPSA) is 65.0 Å². The fourth-order valence-corrected chi connectivity index (χ4v) is 1.90. The smallest absolute Gasteiger partial charge is 0.335 e. The van der Waals surface area contributed by atoms with E-state index in [2.05, 4.69) is 0 Å². The first kappa shape index (κ1) is 12.7. The van der Waals surface area contributed by atoms with Crippen LogP contribution in [0.4, 0.5) is 0 Å². The molecule has 0 amide bonds. The summed E-state index contributed by atoms with van der Waals surface area (Å²) in [6.45, 7) is 1.70. The zero-order chi connectivity index (χ0) is 13.0. The van der Waals surface area contributed by atoms with Crippen LogP contribution in [0.2, 0.25) is 0 Å². The Morgan fingerprint density at radius 3 is 3.00 bits per heavy atom. The lowest BCUT2D eigenvalue weighted by atomic mass is 10.1. The number of carboxylic acid groups (broad SMARTS) is 1. The molecule has 5 nitrogen and oxygen atoms in total. The molecule has 0 aliphatic carbocycles. The summed E-state index contributed by atoms with van der Waals surface area (Å²) in [5.74, 6) is 0.255. The molecule has 0 bridgehead atoms. The molecule has 98 valence electrons. The molecule has 0 saturated heterocycles. The van der Waals surface area contributed by atoms with Crippen molar-refractivity contribution in [3.05, 3.63) is 23.3 Å². The molecule has 0 atom stereocenters. The van der Waals surface area contributed by atoms with Crippen LogP contribution in [0, 0.1) is 0 Å². The first-order valence-corrected chi connectivity index (χ1v) is 5.87. The van der Waals surface area contributed by atoms with E-state index < -0.39 is 5.97 Å². The number of fused-ring (bicyclic) bond motifs is 1. The first-order chi connectivity index (χ1) is 8.72. The summed E-state index contributed by atoms with van der Waals surface area (Å²) in [4.78, 5) is 11.0. The fourth-order valence-electron chi connectivity index (χ4n) is 1.90. The highest BCUT2D eigenvalue weighted by Crippen LogP contribution is 2.35. The maximum atomic E-state index is 11.0. The number of ether oxygens (including phenoxy) is 3. The summed E-state index contributed by atoms with van der Waals surface area (Å²) in [7, 11) is 1.64. The molecule has 18 heavy (non-hydrogen) atoms. The molecule has 1 heterocycles. The summed E-state index contributed by atoms with van der Waals surface area (Å²) >= 11 is 0. The monoisotopic (exact) mass is 252 g/mol. The summed E-state index contributed by atoms with van der Waals surface area (Å²) in [6, 6.07) is 3.11. The Balaban J connectivity index is 2.14. The quantitative estimate of drug-likeness (QED) is 0.781. The minimum atomic E-state index is -0.977. The van der Waals surface area contributed by atoms with Crippen LogP contribution in [0.25, 0.3) is 0 Å². The van der Waals surface area contributed by atoms with Crippen LogP contribution >= 0.6 is 0 Å². The average molecular weight is 252 g/mol.